The number of carbonyl (C=O) groups is 3. The van der Waals surface area contributed by atoms with E-state index in [4.69, 9.17) is 21.2 Å². The molecular weight excluding hydrogens is 422 g/mol. The summed E-state index contributed by atoms with van der Waals surface area (Å²) in [6.07, 6.45) is 2.01. The van der Waals surface area contributed by atoms with Gasteiger partial charge in [0, 0.05) is 23.8 Å². The first kappa shape index (κ1) is 24.4. The van der Waals surface area contributed by atoms with Crippen LogP contribution in [-0.4, -0.2) is 29.0 Å². The van der Waals surface area contributed by atoms with Gasteiger partial charge in [-0.2, -0.15) is 0 Å². The molecule has 0 aliphatic carbocycles. The number of furan rings is 1. The lowest BCUT2D eigenvalue weighted by Gasteiger charge is -2.23. The van der Waals surface area contributed by atoms with Crippen molar-refractivity contribution < 1.29 is 24.0 Å². The molecule has 0 bridgehead atoms. The standard InChI is InChI=1S/C22H28ClN3O5/c1-14(2)10-16(12-20(27)26-30)21(28)25-19(11-15-5-7-17(23)8-6-15)22(29)24-13-18-4-3-9-31-18/h3-9,14,16,19,30H,10-13H2,1-2H3,(H,24,29)(H,25,28)(H,26,27)/t16-,19+/m1/s1. The van der Waals surface area contributed by atoms with E-state index in [-0.39, 0.29) is 31.2 Å². The third kappa shape index (κ3) is 8.43. The molecule has 1 heterocycles. The molecule has 0 spiro atoms. The number of carbonyl (C=O) groups excluding carboxylic acids is 3. The second-order valence-corrected chi connectivity index (χ2v) is 8.19. The first-order chi connectivity index (χ1) is 14.8. The second-order valence-electron chi connectivity index (χ2n) is 7.75. The van der Waals surface area contributed by atoms with Crippen molar-refractivity contribution in [2.45, 2.75) is 45.7 Å². The minimum atomic E-state index is -0.865. The summed E-state index contributed by atoms with van der Waals surface area (Å²) in [5.74, 6) is -1.42. The van der Waals surface area contributed by atoms with Gasteiger partial charge in [-0.15, -0.1) is 0 Å². The number of hydrogen-bond acceptors (Lipinski definition) is 5. The molecule has 2 aromatic rings. The Morgan fingerprint density at radius 2 is 1.81 bits per heavy atom. The van der Waals surface area contributed by atoms with Gasteiger partial charge in [-0.1, -0.05) is 37.6 Å². The smallest absolute Gasteiger partial charge is 0.244 e. The molecule has 3 amide bonds. The van der Waals surface area contributed by atoms with Gasteiger partial charge in [-0.25, -0.2) is 5.48 Å². The highest BCUT2D eigenvalue weighted by Gasteiger charge is 2.28. The van der Waals surface area contributed by atoms with E-state index < -0.39 is 23.8 Å². The molecule has 2 atom stereocenters. The number of hydroxylamine groups is 1. The largest absolute Gasteiger partial charge is 0.467 e. The molecule has 0 aliphatic heterocycles. The number of hydrogen-bond donors (Lipinski definition) is 4. The van der Waals surface area contributed by atoms with E-state index in [1.807, 2.05) is 13.8 Å². The van der Waals surface area contributed by atoms with Crippen LogP contribution in [0, 0.1) is 11.8 Å². The molecule has 2 rings (SSSR count). The first-order valence-electron chi connectivity index (χ1n) is 10.1. The van der Waals surface area contributed by atoms with Gasteiger partial charge in [-0.3, -0.25) is 19.6 Å². The van der Waals surface area contributed by atoms with Crippen LogP contribution in [0.5, 0.6) is 0 Å². The SMILES string of the molecule is CC(C)C[C@H](CC(=O)NO)C(=O)N[C@@H](Cc1ccc(Cl)cc1)C(=O)NCc1ccco1. The lowest BCUT2D eigenvalue weighted by atomic mass is 9.92. The molecule has 0 fully saturated rings. The van der Waals surface area contributed by atoms with Crippen LogP contribution in [0.1, 0.15) is 38.0 Å². The van der Waals surface area contributed by atoms with Crippen molar-refractivity contribution in [3.63, 3.8) is 0 Å². The number of nitrogens with one attached hydrogen (secondary N) is 3. The maximum absolute atomic E-state index is 12.9. The van der Waals surface area contributed by atoms with E-state index in [1.165, 1.54) is 6.26 Å². The summed E-state index contributed by atoms with van der Waals surface area (Å²) in [5, 5.41) is 14.9. The summed E-state index contributed by atoms with van der Waals surface area (Å²) in [7, 11) is 0. The quantitative estimate of drug-likeness (QED) is 0.310. The van der Waals surface area contributed by atoms with Gasteiger partial charge in [0.15, 0.2) is 0 Å². The Balaban J connectivity index is 2.14. The highest BCUT2D eigenvalue weighted by molar-refractivity contribution is 6.30. The van der Waals surface area contributed by atoms with E-state index in [0.717, 1.165) is 5.56 Å². The van der Waals surface area contributed by atoms with Crippen molar-refractivity contribution in [2.24, 2.45) is 11.8 Å². The van der Waals surface area contributed by atoms with Gasteiger partial charge in [0.05, 0.1) is 12.8 Å². The molecule has 9 heteroatoms. The Hall–Kier alpha value is -2.84. The Bertz CT molecular complexity index is 853. The summed E-state index contributed by atoms with van der Waals surface area (Å²) in [6.45, 7) is 4.04. The summed E-state index contributed by atoms with van der Waals surface area (Å²) in [6, 6.07) is 9.58. The number of halogens is 1. The monoisotopic (exact) mass is 449 g/mol. The molecule has 0 unspecified atom stereocenters. The minimum absolute atomic E-state index is 0.143. The Morgan fingerprint density at radius 1 is 1.10 bits per heavy atom. The zero-order valence-corrected chi connectivity index (χ0v) is 18.3. The lowest BCUT2D eigenvalue weighted by molar-refractivity contribution is -0.136. The number of amides is 3. The van der Waals surface area contributed by atoms with Crippen molar-refractivity contribution in [1.29, 1.82) is 0 Å². The van der Waals surface area contributed by atoms with Crippen LogP contribution < -0.4 is 16.1 Å². The minimum Gasteiger partial charge on any atom is -0.467 e. The maximum Gasteiger partial charge on any atom is 0.244 e. The van der Waals surface area contributed by atoms with Gasteiger partial charge in [0.2, 0.25) is 17.7 Å². The molecule has 0 saturated heterocycles. The first-order valence-corrected chi connectivity index (χ1v) is 10.4. The second kappa shape index (κ2) is 12.1. The van der Waals surface area contributed by atoms with Crippen LogP contribution in [0.3, 0.4) is 0 Å². The molecule has 0 radical (unpaired) electrons. The summed E-state index contributed by atoms with van der Waals surface area (Å²) in [4.78, 5) is 37.4. The molecule has 0 aliphatic rings. The van der Waals surface area contributed by atoms with E-state index >= 15 is 0 Å². The maximum atomic E-state index is 12.9. The van der Waals surface area contributed by atoms with Crippen LogP contribution in [-0.2, 0) is 27.3 Å². The van der Waals surface area contributed by atoms with Crippen LogP contribution in [0.4, 0.5) is 0 Å². The molecular formula is C22H28ClN3O5. The fourth-order valence-corrected chi connectivity index (χ4v) is 3.31. The fraction of sp³-hybridized carbons (Fsp3) is 0.409. The molecule has 31 heavy (non-hydrogen) atoms. The van der Waals surface area contributed by atoms with Gasteiger partial charge in [0.25, 0.3) is 0 Å². The fourth-order valence-electron chi connectivity index (χ4n) is 3.19. The van der Waals surface area contributed by atoms with Crippen molar-refractivity contribution in [3.8, 4) is 0 Å². The Kier molecular flexibility index (Phi) is 9.55. The zero-order valence-electron chi connectivity index (χ0n) is 17.6. The van der Waals surface area contributed by atoms with E-state index in [9.17, 15) is 14.4 Å². The Labute approximate surface area is 186 Å². The summed E-state index contributed by atoms with van der Waals surface area (Å²) in [5.41, 5.74) is 2.38. The molecule has 1 aromatic carbocycles. The van der Waals surface area contributed by atoms with Gasteiger partial charge < -0.3 is 15.1 Å². The topological polar surface area (TPSA) is 121 Å². The van der Waals surface area contributed by atoms with Gasteiger partial charge in [0.1, 0.15) is 11.8 Å². The van der Waals surface area contributed by atoms with Crippen LogP contribution >= 0.6 is 11.6 Å². The number of rotatable bonds is 11. The summed E-state index contributed by atoms with van der Waals surface area (Å²) < 4.78 is 5.23. The van der Waals surface area contributed by atoms with Crippen LogP contribution in [0.15, 0.2) is 47.1 Å². The highest BCUT2D eigenvalue weighted by Crippen LogP contribution is 2.17. The predicted molar refractivity (Wildman–Crippen MR) is 115 cm³/mol. The van der Waals surface area contributed by atoms with Crippen LogP contribution in [0.2, 0.25) is 5.02 Å². The predicted octanol–water partition coefficient (Wildman–Crippen LogP) is 2.83. The molecule has 168 valence electrons. The van der Waals surface area contributed by atoms with Crippen molar-refractivity contribution in [2.75, 3.05) is 0 Å². The third-order valence-electron chi connectivity index (χ3n) is 4.69. The third-order valence-corrected chi connectivity index (χ3v) is 4.94. The summed E-state index contributed by atoms with van der Waals surface area (Å²) >= 11 is 5.94. The molecule has 1 aromatic heterocycles. The van der Waals surface area contributed by atoms with Crippen molar-refractivity contribution >= 4 is 29.3 Å². The van der Waals surface area contributed by atoms with E-state index in [1.54, 1.807) is 41.9 Å². The average Bonchev–Trinajstić information content (AvgIpc) is 3.25. The van der Waals surface area contributed by atoms with Crippen LogP contribution in [0.25, 0.3) is 0 Å². The molecule has 0 saturated carbocycles. The zero-order chi connectivity index (χ0) is 22.8. The normalized spacial score (nSPS) is 12.8. The number of benzene rings is 1. The highest BCUT2D eigenvalue weighted by atomic mass is 35.5. The lowest BCUT2D eigenvalue weighted by Crippen LogP contribution is -2.50. The van der Waals surface area contributed by atoms with Crippen molar-refractivity contribution in [1.82, 2.24) is 16.1 Å². The molecule has 4 N–H and O–H groups in total. The Morgan fingerprint density at radius 3 is 2.39 bits per heavy atom. The van der Waals surface area contributed by atoms with E-state index in [0.29, 0.717) is 17.2 Å². The van der Waals surface area contributed by atoms with Gasteiger partial charge >= 0.3 is 0 Å². The van der Waals surface area contributed by atoms with Crippen molar-refractivity contribution in [3.05, 3.63) is 59.0 Å². The van der Waals surface area contributed by atoms with E-state index in [2.05, 4.69) is 10.6 Å². The van der Waals surface area contributed by atoms with Gasteiger partial charge in [-0.05, 0) is 42.2 Å². The average molecular weight is 450 g/mol. The molecule has 8 nitrogen and oxygen atoms in total.